The van der Waals surface area contributed by atoms with Crippen LogP contribution in [0.25, 0.3) is 0 Å². The third kappa shape index (κ3) is 5.32. The number of amides is 3. The number of hydrogen-bond donors (Lipinski definition) is 3. The van der Waals surface area contributed by atoms with Gasteiger partial charge in [0.25, 0.3) is 0 Å². The fourth-order valence-corrected chi connectivity index (χ4v) is 3.17. The maximum atomic E-state index is 11.8. The molecule has 3 atom stereocenters. The Morgan fingerprint density at radius 3 is 2.67 bits per heavy atom. The van der Waals surface area contributed by atoms with Gasteiger partial charge in [0.05, 0.1) is 18.8 Å². The second-order valence-corrected chi connectivity index (χ2v) is 6.90. The zero-order valence-electron chi connectivity index (χ0n) is 14.8. The third-order valence-electron chi connectivity index (χ3n) is 4.49. The van der Waals surface area contributed by atoms with Crippen LogP contribution < -0.4 is 10.6 Å². The number of nitrogens with zero attached hydrogens (tertiary/aromatic N) is 2. The summed E-state index contributed by atoms with van der Waals surface area (Å²) in [4.78, 5) is 27.3. The van der Waals surface area contributed by atoms with Crippen LogP contribution in [0.4, 0.5) is 4.79 Å². The van der Waals surface area contributed by atoms with Gasteiger partial charge in [-0.2, -0.15) is 0 Å². The van der Waals surface area contributed by atoms with Gasteiger partial charge in [-0.15, -0.1) is 0 Å². The molecule has 3 N–H and O–H groups in total. The van der Waals surface area contributed by atoms with Crippen LogP contribution in [0.15, 0.2) is 0 Å². The molecular formula is C16H30N4O4. The monoisotopic (exact) mass is 342 g/mol. The Hall–Kier alpha value is -1.38. The summed E-state index contributed by atoms with van der Waals surface area (Å²) in [5.41, 5.74) is 0. The lowest BCUT2D eigenvalue weighted by molar-refractivity contribution is -0.128. The molecule has 0 radical (unpaired) electrons. The van der Waals surface area contributed by atoms with Crippen LogP contribution in [-0.4, -0.2) is 90.5 Å². The van der Waals surface area contributed by atoms with Crippen molar-refractivity contribution < 1.29 is 19.4 Å². The number of hydrogen-bond acceptors (Lipinski definition) is 5. The van der Waals surface area contributed by atoms with E-state index in [2.05, 4.69) is 15.5 Å². The van der Waals surface area contributed by atoms with Gasteiger partial charge in [-0.1, -0.05) is 0 Å². The molecule has 2 heterocycles. The molecule has 3 unspecified atom stereocenters. The molecule has 3 amide bonds. The minimum atomic E-state index is -0.727. The van der Waals surface area contributed by atoms with E-state index in [0.717, 1.165) is 26.1 Å². The Bertz CT molecular complexity index is 446. The number of nitrogens with one attached hydrogen (secondary N) is 2. The highest BCUT2D eigenvalue weighted by molar-refractivity contribution is 5.74. The van der Waals surface area contributed by atoms with Crippen LogP contribution in [0.3, 0.4) is 0 Å². The molecule has 8 heteroatoms. The van der Waals surface area contributed by atoms with E-state index in [1.807, 2.05) is 18.7 Å². The maximum absolute atomic E-state index is 11.8. The van der Waals surface area contributed by atoms with E-state index < -0.39 is 12.1 Å². The molecule has 0 saturated carbocycles. The molecule has 24 heavy (non-hydrogen) atoms. The fourth-order valence-electron chi connectivity index (χ4n) is 3.17. The van der Waals surface area contributed by atoms with Crippen molar-refractivity contribution >= 4 is 11.9 Å². The van der Waals surface area contributed by atoms with Gasteiger partial charge in [0.15, 0.2) is 0 Å². The molecule has 2 fully saturated rings. The predicted octanol–water partition coefficient (Wildman–Crippen LogP) is -0.623. The molecule has 0 aliphatic carbocycles. The Morgan fingerprint density at radius 2 is 2.00 bits per heavy atom. The van der Waals surface area contributed by atoms with E-state index in [0.29, 0.717) is 19.7 Å². The van der Waals surface area contributed by atoms with Crippen LogP contribution >= 0.6 is 0 Å². The van der Waals surface area contributed by atoms with E-state index in [4.69, 9.17) is 4.74 Å². The van der Waals surface area contributed by atoms with E-state index >= 15 is 0 Å². The molecule has 2 aliphatic heterocycles. The normalized spacial score (nSPS) is 28.7. The molecule has 0 bridgehead atoms. The van der Waals surface area contributed by atoms with Crippen molar-refractivity contribution in [1.29, 1.82) is 0 Å². The smallest absolute Gasteiger partial charge is 0.315 e. The number of carbonyl (C=O) groups is 2. The number of urea groups is 1. The number of rotatable bonds is 4. The van der Waals surface area contributed by atoms with E-state index in [1.165, 1.54) is 0 Å². The molecule has 0 aromatic rings. The van der Waals surface area contributed by atoms with Crippen molar-refractivity contribution in [3.05, 3.63) is 0 Å². The van der Waals surface area contributed by atoms with Gasteiger partial charge in [0.2, 0.25) is 5.91 Å². The minimum Gasteiger partial charge on any atom is -0.388 e. The largest absolute Gasteiger partial charge is 0.388 e. The quantitative estimate of drug-likeness (QED) is 0.633. The summed E-state index contributed by atoms with van der Waals surface area (Å²) in [6.45, 7) is 9.41. The Balaban J connectivity index is 1.79. The zero-order chi connectivity index (χ0) is 17.7. The van der Waals surface area contributed by atoms with Gasteiger partial charge in [-0.25, -0.2) is 4.79 Å². The number of carbonyl (C=O) groups excluding carboxylic acids is 2. The average molecular weight is 342 g/mol. The first kappa shape index (κ1) is 19.0. The Kier molecular flexibility index (Phi) is 6.82. The molecule has 2 aliphatic rings. The predicted molar refractivity (Wildman–Crippen MR) is 89.6 cm³/mol. The van der Waals surface area contributed by atoms with Crippen molar-refractivity contribution in [2.24, 2.45) is 0 Å². The lowest BCUT2D eigenvalue weighted by Crippen LogP contribution is -2.51. The molecule has 0 spiro atoms. The Morgan fingerprint density at radius 1 is 1.25 bits per heavy atom. The van der Waals surface area contributed by atoms with Crippen LogP contribution in [0.5, 0.6) is 0 Å². The second kappa shape index (κ2) is 8.64. The summed E-state index contributed by atoms with van der Waals surface area (Å²) < 4.78 is 5.69. The van der Waals surface area contributed by atoms with Gasteiger partial charge in [0.1, 0.15) is 6.10 Å². The summed E-state index contributed by atoms with van der Waals surface area (Å²) in [5.74, 6) is 0.106. The molecule has 8 nitrogen and oxygen atoms in total. The van der Waals surface area contributed by atoms with E-state index in [9.17, 15) is 14.7 Å². The zero-order valence-corrected chi connectivity index (χ0v) is 14.8. The SMILES string of the molecule is CC(=O)N1CCCN(CC2OCC(NC(=O)NC(C)C)C2O)CC1. The van der Waals surface area contributed by atoms with Crippen molar-refractivity contribution in [2.75, 3.05) is 39.3 Å². The summed E-state index contributed by atoms with van der Waals surface area (Å²) in [6.07, 6.45) is -0.130. The summed E-state index contributed by atoms with van der Waals surface area (Å²) >= 11 is 0. The van der Waals surface area contributed by atoms with E-state index in [-0.39, 0.29) is 24.1 Å². The van der Waals surface area contributed by atoms with Crippen molar-refractivity contribution in [1.82, 2.24) is 20.4 Å². The molecule has 0 aromatic heterocycles. The number of aliphatic hydroxyl groups excluding tert-OH is 1. The lowest BCUT2D eigenvalue weighted by Gasteiger charge is -2.26. The summed E-state index contributed by atoms with van der Waals surface area (Å²) in [7, 11) is 0. The highest BCUT2D eigenvalue weighted by Crippen LogP contribution is 2.17. The maximum Gasteiger partial charge on any atom is 0.315 e. The highest BCUT2D eigenvalue weighted by atomic mass is 16.5. The first-order valence-electron chi connectivity index (χ1n) is 8.71. The van der Waals surface area contributed by atoms with Crippen LogP contribution in [0.2, 0.25) is 0 Å². The summed E-state index contributed by atoms with van der Waals surface area (Å²) in [6, 6.07) is -0.638. The van der Waals surface area contributed by atoms with Crippen LogP contribution in [-0.2, 0) is 9.53 Å². The minimum absolute atomic E-state index is 0.0431. The van der Waals surface area contributed by atoms with Gasteiger partial charge in [-0.05, 0) is 26.8 Å². The fraction of sp³-hybridized carbons (Fsp3) is 0.875. The molecular weight excluding hydrogens is 312 g/mol. The molecule has 2 rings (SSSR count). The summed E-state index contributed by atoms with van der Waals surface area (Å²) in [5, 5.41) is 15.9. The molecule has 0 aromatic carbocycles. The van der Waals surface area contributed by atoms with Gasteiger partial charge >= 0.3 is 6.03 Å². The number of ether oxygens (including phenoxy) is 1. The van der Waals surface area contributed by atoms with Crippen molar-refractivity contribution in [3.8, 4) is 0 Å². The standard InChI is InChI=1S/C16H30N4O4/c1-11(2)17-16(23)18-13-10-24-14(15(13)22)9-19-5-4-6-20(8-7-19)12(3)21/h11,13-15,22H,4-10H2,1-3H3,(H2,17,18,23). The van der Waals surface area contributed by atoms with Gasteiger partial charge < -0.3 is 25.4 Å². The second-order valence-electron chi connectivity index (χ2n) is 6.90. The number of aliphatic hydroxyl groups is 1. The van der Waals surface area contributed by atoms with Crippen molar-refractivity contribution in [3.63, 3.8) is 0 Å². The lowest BCUT2D eigenvalue weighted by atomic mass is 10.1. The van der Waals surface area contributed by atoms with Crippen LogP contribution in [0, 0.1) is 0 Å². The topological polar surface area (TPSA) is 94.1 Å². The first-order chi connectivity index (χ1) is 11.4. The highest BCUT2D eigenvalue weighted by Gasteiger charge is 2.38. The van der Waals surface area contributed by atoms with Crippen LogP contribution in [0.1, 0.15) is 27.2 Å². The third-order valence-corrected chi connectivity index (χ3v) is 4.49. The van der Waals surface area contributed by atoms with Gasteiger partial charge in [0, 0.05) is 39.1 Å². The molecule has 2 saturated heterocycles. The Labute approximate surface area is 143 Å². The first-order valence-corrected chi connectivity index (χ1v) is 8.71. The van der Waals surface area contributed by atoms with Gasteiger partial charge in [-0.3, -0.25) is 9.69 Å². The van der Waals surface area contributed by atoms with E-state index in [1.54, 1.807) is 6.92 Å². The molecule has 138 valence electrons. The van der Waals surface area contributed by atoms with Crippen molar-refractivity contribution in [2.45, 2.75) is 51.5 Å². The average Bonchev–Trinajstić information content (AvgIpc) is 2.71.